The van der Waals surface area contributed by atoms with Crippen LogP contribution in [0.2, 0.25) is 0 Å². The van der Waals surface area contributed by atoms with Crippen LogP contribution in [-0.4, -0.2) is 67.6 Å². The Labute approximate surface area is 196 Å². The molecule has 0 spiro atoms. The van der Waals surface area contributed by atoms with E-state index >= 15 is 0 Å². The van der Waals surface area contributed by atoms with Gasteiger partial charge in [-0.3, -0.25) is 9.69 Å². The highest BCUT2D eigenvalue weighted by Gasteiger charge is 2.38. The summed E-state index contributed by atoms with van der Waals surface area (Å²) >= 11 is 0. The predicted octanol–water partition coefficient (Wildman–Crippen LogP) is 3.56. The zero-order valence-corrected chi connectivity index (χ0v) is 19.4. The molecule has 1 saturated heterocycles. The van der Waals surface area contributed by atoms with Gasteiger partial charge in [-0.25, -0.2) is 9.48 Å². The zero-order chi connectivity index (χ0) is 24.9. The number of alkyl halides is 3. The molecular weight excluding hydrogens is 451 g/mol. The number of hydrogen-bond donors (Lipinski definition) is 1. The topological polar surface area (TPSA) is 91.6 Å². The summed E-state index contributed by atoms with van der Waals surface area (Å²) in [5, 5.41) is 16.0. The molecule has 8 nitrogen and oxygen atoms in total. The van der Waals surface area contributed by atoms with E-state index < -0.39 is 12.1 Å². The van der Waals surface area contributed by atoms with Crippen LogP contribution < -0.4 is 0 Å². The van der Waals surface area contributed by atoms with E-state index in [1.54, 1.807) is 0 Å². The molecule has 34 heavy (non-hydrogen) atoms. The van der Waals surface area contributed by atoms with Crippen LogP contribution >= 0.6 is 0 Å². The smallest absolute Gasteiger partial charge is 0.475 e. The highest BCUT2D eigenvalue weighted by Crippen LogP contribution is 2.21. The Morgan fingerprint density at radius 2 is 1.68 bits per heavy atom. The van der Waals surface area contributed by atoms with E-state index in [9.17, 15) is 18.0 Å². The van der Waals surface area contributed by atoms with E-state index in [1.807, 2.05) is 27.8 Å². The number of hydrogen-bond acceptors (Lipinski definition) is 5. The number of aromatic nitrogens is 3. The minimum Gasteiger partial charge on any atom is -0.475 e. The molecule has 1 aromatic carbocycles. The average molecular weight is 482 g/mol. The predicted molar refractivity (Wildman–Crippen MR) is 118 cm³/mol. The normalized spacial score (nSPS) is 16.8. The Balaban J connectivity index is 0.000000406. The van der Waals surface area contributed by atoms with Crippen LogP contribution in [0.25, 0.3) is 0 Å². The van der Waals surface area contributed by atoms with Crippen molar-refractivity contribution in [3.8, 4) is 0 Å². The maximum Gasteiger partial charge on any atom is 0.490 e. The number of carboxylic acids is 1. The largest absolute Gasteiger partial charge is 0.490 e. The summed E-state index contributed by atoms with van der Waals surface area (Å²) in [7, 11) is 0. The van der Waals surface area contributed by atoms with Crippen molar-refractivity contribution in [1.82, 2.24) is 24.8 Å². The first kappa shape index (κ1) is 25.7. The Bertz CT molecular complexity index is 1020. The van der Waals surface area contributed by atoms with Crippen molar-refractivity contribution in [2.24, 2.45) is 0 Å². The third-order valence-electron chi connectivity index (χ3n) is 6.16. The maximum absolute atomic E-state index is 13.1. The number of likely N-dealkylation sites (tertiary alicyclic amines) is 1. The van der Waals surface area contributed by atoms with Gasteiger partial charge in [0.05, 0.1) is 12.2 Å². The van der Waals surface area contributed by atoms with Crippen LogP contribution in [0.3, 0.4) is 0 Å². The molecule has 4 rings (SSSR count). The molecule has 3 heterocycles. The van der Waals surface area contributed by atoms with E-state index in [4.69, 9.17) is 9.90 Å². The lowest BCUT2D eigenvalue weighted by Gasteiger charge is -2.26. The Morgan fingerprint density at radius 3 is 2.29 bits per heavy atom. The van der Waals surface area contributed by atoms with Crippen LogP contribution in [0.4, 0.5) is 13.2 Å². The molecule has 0 aliphatic carbocycles. The first-order valence-corrected chi connectivity index (χ1v) is 11.4. The highest BCUT2D eigenvalue weighted by atomic mass is 19.4. The van der Waals surface area contributed by atoms with Gasteiger partial charge in [-0.2, -0.15) is 13.2 Å². The number of carboxylic acid groups (broad SMARTS) is 1. The molecule has 2 aromatic rings. The SMILES string of the molecule is Cc1ccc(C(=O)N2CCCn3nnc(CN4CCCCC4)c3C2)cc1C.O=C(O)C(F)(F)F. The first-order chi connectivity index (χ1) is 16.1. The Hall–Kier alpha value is -2.95. The Morgan fingerprint density at radius 1 is 1.00 bits per heavy atom. The van der Waals surface area contributed by atoms with E-state index in [0.29, 0.717) is 6.54 Å². The van der Waals surface area contributed by atoms with Crippen LogP contribution in [0.5, 0.6) is 0 Å². The van der Waals surface area contributed by atoms with Gasteiger partial charge in [-0.15, -0.1) is 5.10 Å². The van der Waals surface area contributed by atoms with Gasteiger partial charge in [-0.05, 0) is 69.5 Å². The zero-order valence-electron chi connectivity index (χ0n) is 19.4. The van der Waals surface area contributed by atoms with Gasteiger partial charge >= 0.3 is 12.1 Å². The number of fused-ring (bicyclic) bond motifs is 1. The summed E-state index contributed by atoms with van der Waals surface area (Å²) in [5.41, 5.74) is 5.30. The van der Waals surface area contributed by atoms with Gasteiger partial charge in [0.15, 0.2) is 0 Å². The van der Waals surface area contributed by atoms with Crippen molar-refractivity contribution in [3.63, 3.8) is 0 Å². The lowest BCUT2D eigenvalue weighted by molar-refractivity contribution is -0.192. The van der Waals surface area contributed by atoms with Crippen LogP contribution in [0, 0.1) is 13.8 Å². The third kappa shape index (κ3) is 6.55. The monoisotopic (exact) mass is 481 g/mol. The van der Waals surface area contributed by atoms with Crippen molar-refractivity contribution in [1.29, 1.82) is 0 Å². The average Bonchev–Trinajstić information content (AvgIpc) is 3.02. The molecule has 1 N–H and O–H groups in total. The second-order valence-electron chi connectivity index (χ2n) is 8.72. The molecule has 1 aromatic heterocycles. The fourth-order valence-electron chi connectivity index (χ4n) is 4.07. The van der Waals surface area contributed by atoms with Crippen molar-refractivity contribution in [2.75, 3.05) is 19.6 Å². The summed E-state index contributed by atoms with van der Waals surface area (Å²) in [6.45, 7) is 9.45. The number of aliphatic carboxylic acids is 1. The number of aryl methyl sites for hydroxylation is 3. The summed E-state index contributed by atoms with van der Waals surface area (Å²) in [5.74, 6) is -2.65. The molecule has 186 valence electrons. The number of carbonyl (C=O) groups excluding carboxylic acids is 1. The van der Waals surface area contributed by atoms with Crippen molar-refractivity contribution >= 4 is 11.9 Å². The van der Waals surface area contributed by atoms with Gasteiger partial charge in [0, 0.05) is 25.2 Å². The first-order valence-electron chi connectivity index (χ1n) is 11.4. The molecule has 0 radical (unpaired) electrons. The van der Waals surface area contributed by atoms with Crippen molar-refractivity contribution in [3.05, 3.63) is 46.3 Å². The van der Waals surface area contributed by atoms with Crippen LogP contribution in [0.1, 0.15) is 58.6 Å². The summed E-state index contributed by atoms with van der Waals surface area (Å²) in [6.07, 6.45) is -0.313. The fraction of sp³-hybridized carbons (Fsp3) is 0.565. The molecule has 11 heteroatoms. The van der Waals surface area contributed by atoms with Crippen LogP contribution in [-0.2, 0) is 24.4 Å². The number of carbonyl (C=O) groups is 2. The third-order valence-corrected chi connectivity index (χ3v) is 6.16. The molecule has 0 unspecified atom stereocenters. The van der Waals surface area contributed by atoms with Gasteiger partial charge in [0.1, 0.15) is 5.69 Å². The Kier molecular flexibility index (Phi) is 8.29. The molecule has 0 bridgehead atoms. The molecule has 2 aliphatic heterocycles. The van der Waals surface area contributed by atoms with Crippen molar-refractivity contribution in [2.45, 2.75) is 65.3 Å². The lowest BCUT2D eigenvalue weighted by Crippen LogP contribution is -2.32. The standard InChI is InChI=1S/C21H29N5O.C2HF3O2/c1-16-7-8-18(13-17(16)2)21(27)25-11-6-12-26-20(15-25)19(22-23-26)14-24-9-4-3-5-10-24;3-2(4,5)1(6)7/h7-8,13H,3-6,9-12,14-15H2,1-2H3;(H,6,7). The molecule has 0 atom stereocenters. The van der Waals surface area contributed by atoms with Gasteiger partial charge in [0.25, 0.3) is 5.91 Å². The molecule has 1 amide bonds. The number of halogens is 3. The maximum atomic E-state index is 13.1. The number of nitrogens with zero attached hydrogens (tertiary/aromatic N) is 5. The second kappa shape index (κ2) is 11.0. The summed E-state index contributed by atoms with van der Waals surface area (Å²) in [6, 6.07) is 5.99. The van der Waals surface area contributed by atoms with E-state index in [2.05, 4.69) is 29.1 Å². The van der Waals surface area contributed by atoms with E-state index in [0.717, 1.165) is 61.7 Å². The number of benzene rings is 1. The fourth-order valence-corrected chi connectivity index (χ4v) is 4.07. The molecular formula is C23H30F3N5O3. The van der Waals surface area contributed by atoms with Crippen molar-refractivity contribution < 1.29 is 27.9 Å². The van der Waals surface area contributed by atoms with Gasteiger partial charge in [-0.1, -0.05) is 17.7 Å². The number of piperidine rings is 1. The van der Waals surface area contributed by atoms with Gasteiger partial charge < -0.3 is 10.0 Å². The number of amides is 1. The highest BCUT2D eigenvalue weighted by molar-refractivity contribution is 5.94. The quantitative estimate of drug-likeness (QED) is 0.721. The second-order valence-corrected chi connectivity index (χ2v) is 8.72. The van der Waals surface area contributed by atoms with E-state index in [1.165, 1.54) is 24.8 Å². The summed E-state index contributed by atoms with van der Waals surface area (Å²) < 4.78 is 33.7. The molecule has 1 fully saturated rings. The lowest BCUT2D eigenvalue weighted by atomic mass is 10.1. The molecule has 0 saturated carbocycles. The van der Waals surface area contributed by atoms with E-state index in [-0.39, 0.29) is 5.91 Å². The minimum absolute atomic E-state index is 0.108. The number of rotatable bonds is 3. The summed E-state index contributed by atoms with van der Waals surface area (Å²) in [4.78, 5) is 26.4. The minimum atomic E-state index is -5.08. The molecule has 2 aliphatic rings. The van der Waals surface area contributed by atoms with Crippen LogP contribution in [0.15, 0.2) is 18.2 Å². The van der Waals surface area contributed by atoms with Gasteiger partial charge in [0.2, 0.25) is 0 Å².